The molecule has 0 aliphatic carbocycles. The van der Waals surface area contributed by atoms with E-state index in [2.05, 4.69) is 4.98 Å². The number of hydrogen-bond donors (Lipinski definition) is 3. The normalized spacial score (nSPS) is 29.5. The SMILES string of the molecule is O=c1ccn([C@@H]2CO[C@@H](CO)[C@H]2O)c(=O)[nH]1. The first-order valence-electron chi connectivity index (χ1n) is 4.85. The molecular weight excluding hydrogens is 216 g/mol. The Hall–Kier alpha value is -1.44. The highest BCUT2D eigenvalue weighted by atomic mass is 16.5. The number of aromatic nitrogens is 2. The molecule has 0 unspecified atom stereocenters. The number of aromatic amines is 1. The lowest BCUT2D eigenvalue weighted by molar-refractivity contribution is 0.00189. The summed E-state index contributed by atoms with van der Waals surface area (Å²) in [5.74, 6) is 0. The van der Waals surface area contributed by atoms with Crippen molar-refractivity contribution >= 4 is 0 Å². The first-order chi connectivity index (χ1) is 7.63. The van der Waals surface area contributed by atoms with Gasteiger partial charge in [-0.1, -0.05) is 0 Å². The number of rotatable bonds is 2. The van der Waals surface area contributed by atoms with E-state index in [9.17, 15) is 14.7 Å². The van der Waals surface area contributed by atoms with Gasteiger partial charge in [-0.15, -0.1) is 0 Å². The van der Waals surface area contributed by atoms with E-state index in [1.54, 1.807) is 0 Å². The van der Waals surface area contributed by atoms with Crippen molar-refractivity contribution in [3.63, 3.8) is 0 Å². The molecule has 1 saturated heterocycles. The highest BCUT2D eigenvalue weighted by molar-refractivity contribution is 4.93. The van der Waals surface area contributed by atoms with Gasteiger partial charge in [-0.25, -0.2) is 4.79 Å². The zero-order valence-corrected chi connectivity index (χ0v) is 8.37. The molecule has 2 rings (SSSR count). The molecule has 0 saturated carbocycles. The van der Waals surface area contributed by atoms with Crippen LogP contribution < -0.4 is 11.2 Å². The number of aliphatic hydroxyl groups excluding tert-OH is 2. The molecule has 88 valence electrons. The van der Waals surface area contributed by atoms with Crippen molar-refractivity contribution in [3.8, 4) is 0 Å². The first-order valence-corrected chi connectivity index (χ1v) is 4.85. The summed E-state index contributed by atoms with van der Waals surface area (Å²) in [5, 5.41) is 18.6. The maximum absolute atomic E-state index is 11.4. The highest BCUT2D eigenvalue weighted by Gasteiger charge is 2.36. The molecule has 2 heterocycles. The molecule has 0 amide bonds. The average molecular weight is 228 g/mol. The van der Waals surface area contributed by atoms with Crippen molar-refractivity contribution in [3.05, 3.63) is 33.1 Å². The van der Waals surface area contributed by atoms with E-state index in [0.29, 0.717) is 0 Å². The molecule has 1 aromatic heterocycles. The van der Waals surface area contributed by atoms with Crippen molar-refractivity contribution in [2.75, 3.05) is 13.2 Å². The maximum Gasteiger partial charge on any atom is 0.328 e. The van der Waals surface area contributed by atoms with Crippen LogP contribution >= 0.6 is 0 Å². The zero-order valence-electron chi connectivity index (χ0n) is 8.37. The van der Waals surface area contributed by atoms with E-state index in [1.165, 1.54) is 16.8 Å². The van der Waals surface area contributed by atoms with Crippen molar-refractivity contribution in [1.82, 2.24) is 9.55 Å². The molecule has 1 fully saturated rings. The Labute approximate surface area is 89.9 Å². The van der Waals surface area contributed by atoms with Gasteiger partial charge in [-0.05, 0) is 0 Å². The van der Waals surface area contributed by atoms with Gasteiger partial charge < -0.3 is 14.9 Å². The maximum atomic E-state index is 11.4. The van der Waals surface area contributed by atoms with Crippen LogP contribution in [0.3, 0.4) is 0 Å². The van der Waals surface area contributed by atoms with E-state index in [1.807, 2.05) is 0 Å². The molecular formula is C9H12N2O5. The van der Waals surface area contributed by atoms with Gasteiger partial charge in [0.1, 0.15) is 12.2 Å². The first kappa shape index (κ1) is 11.1. The van der Waals surface area contributed by atoms with Gasteiger partial charge in [-0.2, -0.15) is 0 Å². The molecule has 1 aliphatic rings. The number of nitrogens with one attached hydrogen (secondary N) is 1. The Morgan fingerprint density at radius 3 is 2.88 bits per heavy atom. The topological polar surface area (TPSA) is 105 Å². The predicted molar refractivity (Wildman–Crippen MR) is 53.2 cm³/mol. The Morgan fingerprint density at radius 1 is 1.56 bits per heavy atom. The molecule has 0 aromatic carbocycles. The van der Waals surface area contributed by atoms with Crippen LogP contribution in [-0.2, 0) is 4.74 Å². The molecule has 3 atom stereocenters. The summed E-state index contributed by atoms with van der Waals surface area (Å²) in [7, 11) is 0. The summed E-state index contributed by atoms with van der Waals surface area (Å²) in [6.45, 7) is -0.186. The fourth-order valence-electron chi connectivity index (χ4n) is 1.76. The van der Waals surface area contributed by atoms with Crippen molar-refractivity contribution in [1.29, 1.82) is 0 Å². The molecule has 1 aromatic rings. The summed E-state index contributed by atoms with van der Waals surface area (Å²) in [6.07, 6.45) is -0.351. The lowest BCUT2D eigenvalue weighted by atomic mass is 10.1. The second-order valence-electron chi connectivity index (χ2n) is 3.63. The van der Waals surface area contributed by atoms with Crippen LogP contribution in [0.1, 0.15) is 6.04 Å². The Morgan fingerprint density at radius 2 is 2.31 bits per heavy atom. The quantitative estimate of drug-likeness (QED) is 0.534. The van der Waals surface area contributed by atoms with E-state index >= 15 is 0 Å². The Kier molecular flexibility index (Phi) is 2.90. The van der Waals surface area contributed by atoms with Gasteiger partial charge in [0.2, 0.25) is 0 Å². The van der Waals surface area contributed by atoms with E-state index in [0.717, 1.165) is 0 Å². The summed E-state index contributed by atoms with van der Waals surface area (Å²) in [5.41, 5.74) is -1.09. The summed E-state index contributed by atoms with van der Waals surface area (Å²) < 4.78 is 6.31. The third-order valence-electron chi connectivity index (χ3n) is 2.64. The number of aliphatic hydroxyl groups is 2. The second-order valence-corrected chi connectivity index (χ2v) is 3.63. The van der Waals surface area contributed by atoms with Gasteiger partial charge in [0, 0.05) is 12.3 Å². The summed E-state index contributed by atoms with van der Waals surface area (Å²) >= 11 is 0. The molecule has 0 radical (unpaired) electrons. The monoisotopic (exact) mass is 228 g/mol. The standard InChI is InChI=1S/C9H12N2O5/c12-3-6-8(14)5(4-16-6)11-2-1-7(13)10-9(11)15/h1-2,5-6,8,12,14H,3-4H2,(H,10,13,15)/t5-,6+,8+/m1/s1. The molecule has 0 bridgehead atoms. The Bertz CT molecular complexity index is 479. The van der Waals surface area contributed by atoms with Crippen LogP contribution in [0.15, 0.2) is 21.9 Å². The van der Waals surface area contributed by atoms with Gasteiger partial charge >= 0.3 is 5.69 Å². The van der Waals surface area contributed by atoms with Crippen LogP contribution in [0.4, 0.5) is 0 Å². The highest BCUT2D eigenvalue weighted by Crippen LogP contribution is 2.22. The summed E-state index contributed by atoms with van der Waals surface area (Å²) in [6, 6.07) is 0.613. The number of nitrogens with zero attached hydrogens (tertiary/aromatic N) is 1. The second kappa shape index (κ2) is 4.20. The molecule has 16 heavy (non-hydrogen) atoms. The minimum absolute atomic E-state index is 0.123. The van der Waals surface area contributed by atoms with Crippen LogP contribution in [0.2, 0.25) is 0 Å². The van der Waals surface area contributed by atoms with Crippen LogP contribution in [-0.4, -0.2) is 45.2 Å². The van der Waals surface area contributed by atoms with Gasteiger partial charge in [0.25, 0.3) is 5.56 Å². The zero-order chi connectivity index (χ0) is 11.7. The molecule has 7 heteroatoms. The number of H-pyrrole nitrogens is 1. The smallest absolute Gasteiger partial charge is 0.328 e. The lowest BCUT2D eigenvalue weighted by Crippen LogP contribution is -2.38. The minimum Gasteiger partial charge on any atom is -0.394 e. The Balaban J connectivity index is 2.32. The number of ether oxygens (including phenoxy) is 1. The average Bonchev–Trinajstić information content (AvgIpc) is 2.60. The van der Waals surface area contributed by atoms with Gasteiger partial charge in [0.05, 0.1) is 19.3 Å². The molecule has 7 nitrogen and oxygen atoms in total. The third-order valence-corrected chi connectivity index (χ3v) is 2.64. The molecule has 1 aliphatic heterocycles. The van der Waals surface area contributed by atoms with Crippen LogP contribution in [0.25, 0.3) is 0 Å². The van der Waals surface area contributed by atoms with E-state index in [4.69, 9.17) is 9.84 Å². The molecule has 0 spiro atoms. The van der Waals surface area contributed by atoms with Crippen molar-refractivity contribution in [2.45, 2.75) is 18.2 Å². The van der Waals surface area contributed by atoms with Crippen LogP contribution in [0.5, 0.6) is 0 Å². The largest absolute Gasteiger partial charge is 0.394 e. The van der Waals surface area contributed by atoms with Crippen molar-refractivity contribution < 1.29 is 14.9 Å². The van der Waals surface area contributed by atoms with Crippen LogP contribution in [0, 0.1) is 0 Å². The van der Waals surface area contributed by atoms with E-state index < -0.39 is 29.5 Å². The summed E-state index contributed by atoms with van der Waals surface area (Å²) in [4.78, 5) is 24.4. The fourth-order valence-corrected chi connectivity index (χ4v) is 1.76. The number of hydrogen-bond acceptors (Lipinski definition) is 5. The molecule has 3 N–H and O–H groups in total. The minimum atomic E-state index is -0.964. The lowest BCUT2D eigenvalue weighted by Gasteiger charge is -2.17. The van der Waals surface area contributed by atoms with Gasteiger partial charge in [-0.3, -0.25) is 14.3 Å². The predicted octanol–water partition coefficient (Wildman–Crippen LogP) is -2.17. The van der Waals surface area contributed by atoms with E-state index in [-0.39, 0.29) is 13.2 Å². The third kappa shape index (κ3) is 1.80. The van der Waals surface area contributed by atoms with Crippen molar-refractivity contribution in [2.24, 2.45) is 0 Å². The fraction of sp³-hybridized carbons (Fsp3) is 0.556. The van der Waals surface area contributed by atoms with Gasteiger partial charge in [0.15, 0.2) is 0 Å².